The van der Waals surface area contributed by atoms with Crippen LogP contribution in [-0.4, -0.2) is 43.3 Å². The van der Waals surface area contributed by atoms with Gasteiger partial charge in [-0.15, -0.1) is 0 Å². The van der Waals surface area contributed by atoms with Gasteiger partial charge in [-0.05, 0) is 26.3 Å². The molecule has 0 aromatic carbocycles. The van der Waals surface area contributed by atoms with Gasteiger partial charge in [-0.3, -0.25) is 4.90 Å². The van der Waals surface area contributed by atoms with E-state index in [0.717, 1.165) is 25.8 Å². The molecule has 1 N–H and O–H groups in total. The van der Waals surface area contributed by atoms with E-state index in [2.05, 4.69) is 31.0 Å². The molecule has 1 unspecified atom stereocenters. The first-order valence-electron chi connectivity index (χ1n) is 6.42. The molecule has 0 rings (SSSR count). The third kappa shape index (κ3) is 9.41. The van der Waals surface area contributed by atoms with Gasteiger partial charge in [0.15, 0.2) is 0 Å². The Bertz CT molecular complexity index is 183. The highest BCUT2D eigenvalue weighted by Crippen LogP contribution is 2.12. The molecule has 104 valence electrons. The van der Waals surface area contributed by atoms with E-state index < -0.39 is 12.7 Å². The monoisotopic (exact) mass is 254 g/mol. The summed E-state index contributed by atoms with van der Waals surface area (Å²) in [6, 6.07) is 0.439. The number of hydrogen-bond donors (Lipinski definition) is 1. The summed E-state index contributed by atoms with van der Waals surface area (Å²) in [7, 11) is 0. The van der Waals surface area contributed by atoms with Crippen LogP contribution < -0.4 is 5.32 Å². The molecule has 2 nitrogen and oxygen atoms in total. The van der Waals surface area contributed by atoms with E-state index in [9.17, 15) is 13.2 Å². The second-order valence-corrected chi connectivity index (χ2v) is 4.44. The SMILES string of the molecule is CCCCN(CCNCC(F)(F)F)C(C)CC. The molecule has 0 saturated heterocycles. The van der Waals surface area contributed by atoms with Crippen LogP contribution in [0.5, 0.6) is 0 Å². The van der Waals surface area contributed by atoms with E-state index in [1.807, 2.05) is 0 Å². The normalized spacial score (nSPS) is 14.3. The number of nitrogens with one attached hydrogen (secondary N) is 1. The van der Waals surface area contributed by atoms with Gasteiger partial charge < -0.3 is 5.32 Å². The summed E-state index contributed by atoms with van der Waals surface area (Å²) in [4.78, 5) is 2.26. The quantitative estimate of drug-likeness (QED) is 0.636. The van der Waals surface area contributed by atoms with Gasteiger partial charge in [0.05, 0.1) is 6.54 Å². The first kappa shape index (κ1) is 16.7. The smallest absolute Gasteiger partial charge is 0.307 e. The van der Waals surface area contributed by atoms with E-state index in [4.69, 9.17) is 0 Å². The van der Waals surface area contributed by atoms with Gasteiger partial charge in [0, 0.05) is 19.1 Å². The topological polar surface area (TPSA) is 15.3 Å². The summed E-state index contributed by atoms with van der Waals surface area (Å²) in [6.45, 7) is 7.51. The van der Waals surface area contributed by atoms with Gasteiger partial charge in [-0.1, -0.05) is 20.3 Å². The van der Waals surface area contributed by atoms with Crippen LogP contribution in [0.25, 0.3) is 0 Å². The summed E-state index contributed by atoms with van der Waals surface area (Å²) < 4.78 is 35.8. The Balaban J connectivity index is 3.83. The number of alkyl halides is 3. The molecular weight excluding hydrogens is 229 g/mol. The van der Waals surface area contributed by atoms with Crippen LogP contribution in [0.4, 0.5) is 13.2 Å². The lowest BCUT2D eigenvalue weighted by Gasteiger charge is -2.28. The predicted octanol–water partition coefficient (Wildman–Crippen LogP) is 3.04. The second-order valence-electron chi connectivity index (χ2n) is 4.44. The second kappa shape index (κ2) is 8.75. The maximum atomic E-state index is 11.9. The van der Waals surface area contributed by atoms with Crippen molar-refractivity contribution in [3.05, 3.63) is 0 Å². The van der Waals surface area contributed by atoms with Crippen molar-refractivity contribution in [2.24, 2.45) is 0 Å². The van der Waals surface area contributed by atoms with Crippen molar-refractivity contribution < 1.29 is 13.2 Å². The highest BCUT2D eigenvalue weighted by atomic mass is 19.4. The van der Waals surface area contributed by atoms with Crippen molar-refractivity contribution in [1.29, 1.82) is 0 Å². The minimum atomic E-state index is -4.11. The first-order chi connectivity index (χ1) is 7.90. The summed E-state index contributed by atoms with van der Waals surface area (Å²) in [5.74, 6) is 0. The Morgan fingerprint density at radius 3 is 2.29 bits per heavy atom. The molecule has 0 saturated carbocycles. The fraction of sp³-hybridized carbons (Fsp3) is 1.00. The minimum absolute atomic E-state index is 0.396. The van der Waals surface area contributed by atoms with E-state index >= 15 is 0 Å². The van der Waals surface area contributed by atoms with Gasteiger partial charge in [0.1, 0.15) is 0 Å². The van der Waals surface area contributed by atoms with Crippen molar-refractivity contribution in [3.63, 3.8) is 0 Å². The molecule has 5 heteroatoms. The lowest BCUT2D eigenvalue weighted by atomic mass is 10.2. The Kier molecular flexibility index (Phi) is 8.60. The molecule has 0 heterocycles. The minimum Gasteiger partial charge on any atom is -0.307 e. The van der Waals surface area contributed by atoms with Crippen LogP contribution in [0.3, 0.4) is 0 Å². The van der Waals surface area contributed by atoms with Crippen LogP contribution in [0, 0.1) is 0 Å². The third-order valence-electron chi connectivity index (χ3n) is 2.91. The highest BCUT2D eigenvalue weighted by molar-refractivity contribution is 4.67. The maximum Gasteiger partial charge on any atom is 0.401 e. The summed E-state index contributed by atoms with van der Waals surface area (Å²) >= 11 is 0. The Morgan fingerprint density at radius 2 is 1.82 bits per heavy atom. The molecule has 0 aromatic rings. The number of hydrogen-bond acceptors (Lipinski definition) is 2. The molecule has 0 aliphatic carbocycles. The van der Waals surface area contributed by atoms with Crippen LogP contribution in [0.2, 0.25) is 0 Å². The van der Waals surface area contributed by atoms with Gasteiger partial charge in [-0.2, -0.15) is 13.2 Å². The standard InChI is InChI=1S/C12H25F3N2/c1-4-6-8-17(11(3)5-2)9-7-16-10-12(13,14)15/h11,16H,4-10H2,1-3H3. The highest BCUT2D eigenvalue weighted by Gasteiger charge is 2.26. The number of unbranched alkanes of at least 4 members (excludes halogenated alkanes) is 1. The summed E-state index contributed by atoms with van der Waals surface area (Å²) in [5.41, 5.74) is 0. The average molecular weight is 254 g/mol. The van der Waals surface area contributed by atoms with E-state index in [-0.39, 0.29) is 0 Å². The molecule has 0 fully saturated rings. The fourth-order valence-corrected chi connectivity index (χ4v) is 1.62. The molecule has 17 heavy (non-hydrogen) atoms. The van der Waals surface area contributed by atoms with Crippen molar-refractivity contribution in [2.75, 3.05) is 26.2 Å². The lowest BCUT2D eigenvalue weighted by Crippen LogP contribution is -2.40. The molecule has 0 spiro atoms. The van der Waals surface area contributed by atoms with Gasteiger partial charge in [0.2, 0.25) is 0 Å². The molecule has 0 aliphatic rings. The summed E-state index contributed by atoms with van der Waals surface area (Å²) in [6.07, 6.45) is -0.861. The number of nitrogens with zero attached hydrogens (tertiary/aromatic N) is 1. The Labute approximate surface area is 103 Å². The van der Waals surface area contributed by atoms with Gasteiger partial charge in [0.25, 0.3) is 0 Å². The zero-order chi connectivity index (χ0) is 13.3. The predicted molar refractivity (Wildman–Crippen MR) is 65.2 cm³/mol. The Hall–Kier alpha value is -0.290. The van der Waals surface area contributed by atoms with Crippen LogP contribution in [-0.2, 0) is 0 Å². The Morgan fingerprint density at radius 1 is 1.18 bits per heavy atom. The zero-order valence-electron chi connectivity index (χ0n) is 11.1. The molecule has 0 amide bonds. The van der Waals surface area contributed by atoms with Gasteiger partial charge >= 0.3 is 6.18 Å². The van der Waals surface area contributed by atoms with Crippen molar-refractivity contribution in [3.8, 4) is 0 Å². The van der Waals surface area contributed by atoms with E-state index in [0.29, 0.717) is 19.1 Å². The fourth-order valence-electron chi connectivity index (χ4n) is 1.62. The first-order valence-corrected chi connectivity index (χ1v) is 6.42. The van der Waals surface area contributed by atoms with Crippen molar-refractivity contribution in [1.82, 2.24) is 10.2 Å². The van der Waals surface area contributed by atoms with Crippen molar-refractivity contribution in [2.45, 2.75) is 52.3 Å². The van der Waals surface area contributed by atoms with Crippen LogP contribution in [0.1, 0.15) is 40.0 Å². The molecule has 0 radical (unpaired) electrons. The molecule has 0 aromatic heterocycles. The van der Waals surface area contributed by atoms with Crippen LogP contribution >= 0.6 is 0 Å². The van der Waals surface area contributed by atoms with Gasteiger partial charge in [-0.25, -0.2) is 0 Å². The largest absolute Gasteiger partial charge is 0.401 e. The molecular formula is C12H25F3N2. The zero-order valence-corrected chi connectivity index (χ0v) is 11.1. The number of halogens is 3. The number of rotatable bonds is 9. The molecule has 0 aliphatic heterocycles. The van der Waals surface area contributed by atoms with E-state index in [1.165, 1.54) is 0 Å². The lowest BCUT2D eigenvalue weighted by molar-refractivity contribution is -0.124. The van der Waals surface area contributed by atoms with E-state index in [1.54, 1.807) is 0 Å². The van der Waals surface area contributed by atoms with Crippen molar-refractivity contribution >= 4 is 0 Å². The molecule has 0 bridgehead atoms. The summed E-state index contributed by atoms with van der Waals surface area (Å²) in [5, 5.41) is 2.44. The average Bonchev–Trinajstić information content (AvgIpc) is 2.25. The third-order valence-corrected chi connectivity index (χ3v) is 2.91. The molecule has 1 atom stereocenters. The van der Waals surface area contributed by atoms with Crippen LogP contribution in [0.15, 0.2) is 0 Å². The maximum absolute atomic E-state index is 11.9.